The Morgan fingerprint density at radius 2 is 1.94 bits per heavy atom. The fourth-order valence-electron chi connectivity index (χ4n) is 1.65. The highest BCUT2D eigenvalue weighted by molar-refractivity contribution is 5.40. The minimum absolute atomic E-state index is 0.702. The molecule has 2 heterocycles. The first kappa shape index (κ1) is 11.5. The molecule has 88 valence electrons. The summed E-state index contributed by atoms with van der Waals surface area (Å²) in [6.45, 7) is 2.12. The van der Waals surface area contributed by atoms with Crippen molar-refractivity contribution in [3.63, 3.8) is 0 Å². The monoisotopic (exact) mass is 228 g/mol. The summed E-state index contributed by atoms with van der Waals surface area (Å²) in [4.78, 5) is 13.0. The third-order valence-corrected chi connectivity index (χ3v) is 2.65. The van der Waals surface area contributed by atoms with Gasteiger partial charge in [0.1, 0.15) is 5.82 Å². The van der Waals surface area contributed by atoms with Gasteiger partial charge in [-0.15, -0.1) is 0 Å². The minimum atomic E-state index is 0.702. The van der Waals surface area contributed by atoms with Crippen LogP contribution in [0.4, 0.5) is 5.82 Å². The number of aromatic nitrogens is 3. The molecule has 17 heavy (non-hydrogen) atoms. The molecule has 4 nitrogen and oxygen atoms in total. The van der Waals surface area contributed by atoms with Crippen molar-refractivity contribution in [2.75, 3.05) is 12.4 Å². The zero-order valence-corrected chi connectivity index (χ0v) is 10.1. The molecular formula is C13H16N4. The lowest BCUT2D eigenvalue weighted by molar-refractivity contribution is 0.974. The lowest BCUT2D eigenvalue weighted by atomic mass is 10.1. The van der Waals surface area contributed by atoms with Crippen molar-refractivity contribution in [2.24, 2.45) is 0 Å². The van der Waals surface area contributed by atoms with Gasteiger partial charge in [-0.2, -0.15) is 0 Å². The fourth-order valence-corrected chi connectivity index (χ4v) is 1.65. The molecule has 0 spiro atoms. The lowest BCUT2D eigenvalue weighted by Crippen LogP contribution is -2.03. The predicted molar refractivity (Wildman–Crippen MR) is 68.0 cm³/mol. The van der Waals surface area contributed by atoms with E-state index in [2.05, 4.69) is 33.3 Å². The second kappa shape index (κ2) is 5.39. The van der Waals surface area contributed by atoms with Gasteiger partial charge in [0, 0.05) is 37.8 Å². The first-order chi connectivity index (χ1) is 8.33. The van der Waals surface area contributed by atoms with E-state index in [9.17, 15) is 0 Å². The maximum atomic E-state index is 4.42. The number of nitrogens with one attached hydrogen (secondary N) is 1. The van der Waals surface area contributed by atoms with Crippen LogP contribution in [0.5, 0.6) is 0 Å². The van der Waals surface area contributed by atoms with E-state index >= 15 is 0 Å². The van der Waals surface area contributed by atoms with Crippen LogP contribution in [0.2, 0.25) is 0 Å². The third kappa shape index (κ3) is 2.78. The Balaban J connectivity index is 2.19. The van der Waals surface area contributed by atoms with Crippen molar-refractivity contribution in [1.82, 2.24) is 15.0 Å². The summed E-state index contributed by atoms with van der Waals surface area (Å²) in [5, 5.41) is 3.04. The maximum absolute atomic E-state index is 4.42. The summed E-state index contributed by atoms with van der Waals surface area (Å²) in [6, 6.07) is 4.16. The molecule has 2 aromatic rings. The Morgan fingerprint density at radius 3 is 2.59 bits per heavy atom. The molecule has 0 saturated heterocycles. The van der Waals surface area contributed by atoms with Gasteiger partial charge in [-0.25, -0.2) is 4.98 Å². The van der Waals surface area contributed by atoms with Crippen LogP contribution in [-0.2, 0) is 12.8 Å². The molecule has 0 atom stereocenters. The number of hydrogen-bond donors (Lipinski definition) is 1. The van der Waals surface area contributed by atoms with Crippen molar-refractivity contribution < 1.29 is 0 Å². The Morgan fingerprint density at radius 1 is 1.12 bits per heavy atom. The standard InChI is InChI=1S/C13H16N4/c1-3-10-4-5-11(17-9-10)8-12-13(14-2)16-7-6-15-12/h4-7,9H,3,8H2,1-2H3,(H,14,16). The van der Waals surface area contributed by atoms with Gasteiger partial charge in [0.25, 0.3) is 0 Å². The topological polar surface area (TPSA) is 50.7 Å². The van der Waals surface area contributed by atoms with Crippen molar-refractivity contribution in [3.8, 4) is 0 Å². The molecule has 1 N–H and O–H groups in total. The Hall–Kier alpha value is -1.97. The van der Waals surface area contributed by atoms with E-state index in [1.165, 1.54) is 5.56 Å². The molecule has 4 heteroatoms. The molecule has 0 fully saturated rings. The molecule has 0 radical (unpaired) electrons. The highest BCUT2D eigenvalue weighted by atomic mass is 15.0. The quantitative estimate of drug-likeness (QED) is 0.870. The van der Waals surface area contributed by atoms with E-state index in [0.29, 0.717) is 6.42 Å². The van der Waals surface area contributed by atoms with Crippen LogP contribution < -0.4 is 5.32 Å². The van der Waals surface area contributed by atoms with Gasteiger partial charge in [-0.3, -0.25) is 9.97 Å². The molecule has 0 unspecified atom stereocenters. The number of rotatable bonds is 4. The van der Waals surface area contributed by atoms with Crippen LogP contribution in [0.1, 0.15) is 23.9 Å². The van der Waals surface area contributed by atoms with E-state index < -0.39 is 0 Å². The lowest BCUT2D eigenvalue weighted by Gasteiger charge is -2.06. The first-order valence-corrected chi connectivity index (χ1v) is 5.75. The second-order valence-corrected chi connectivity index (χ2v) is 3.79. The maximum Gasteiger partial charge on any atom is 0.147 e. The largest absolute Gasteiger partial charge is 0.372 e. The third-order valence-electron chi connectivity index (χ3n) is 2.65. The van der Waals surface area contributed by atoms with Crippen molar-refractivity contribution in [1.29, 1.82) is 0 Å². The van der Waals surface area contributed by atoms with Crippen LogP contribution in [0.3, 0.4) is 0 Å². The number of nitrogens with zero attached hydrogens (tertiary/aromatic N) is 3. The zero-order chi connectivity index (χ0) is 12.1. The van der Waals surface area contributed by atoms with Crippen LogP contribution in [0, 0.1) is 0 Å². The second-order valence-electron chi connectivity index (χ2n) is 3.79. The molecule has 0 aromatic carbocycles. The van der Waals surface area contributed by atoms with Gasteiger partial charge >= 0.3 is 0 Å². The van der Waals surface area contributed by atoms with Gasteiger partial charge in [0.15, 0.2) is 0 Å². The van der Waals surface area contributed by atoms with Crippen LogP contribution in [-0.4, -0.2) is 22.0 Å². The Kier molecular flexibility index (Phi) is 3.65. The first-order valence-electron chi connectivity index (χ1n) is 5.75. The van der Waals surface area contributed by atoms with E-state index in [1.54, 1.807) is 12.4 Å². The molecule has 0 aliphatic carbocycles. The number of anilines is 1. The molecule has 0 aliphatic heterocycles. The SMILES string of the molecule is CCc1ccc(Cc2nccnc2NC)nc1. The molecule has 2 rings (SSSR count). The van der Waals surface area contributed by atoms with Gasteiger partial charge in [-0.1, -0.05) is 13.0 Å². The average Bonchev–Trinajstić information content (AvgIpc) is 2.40. The fraction of sp³-hybridized carbons (Fsp3) is 0.308. The molecule has 0 saturated carbocycles. The smallest absolute Gasteiger partial charge is 0.147 e. The number of pyridine rings is 1. The Labute approximate surface area is 101 Å². The van der Waals surface area contributed by atoms with E-state index in [0.717, 1.165) is 23.6 Å². The zero-order valence-electron chi connectivity index (χ0n) is 10.1. The molecule has 0 bridgehead atoms. The van der Waals surface area contributed by atoms with Crippen LogP contribution in [0.15, 0.2) is 30.7 Å². The van der Waals surface area contributed by atoms with Crippen molar-refractivity contribution in [2.45, 2.75) is 19.8 Å². The molecular weight excluding hydrogens is 212 g/mol. The molecule has 0 amide bonds. The van der Waals surface area contributed by atoms with Crippen LogP contribution in [0.25, 0.3) is 0 Å². The highest BCUT2D eigenvalue weighted by Gasteiger charge is 2.05. The van der Waals surface area contributed by atoms with Gasteiger partial charge in [0.2, 0.25) is 0 Å². The Bertz CT molecular complexity index is 479. The number of aryl methyl sites for hydroxylation is 1. The van der Waals surface area contributed by atoms with Gasteiger partial charge < -0.3 is 5.32 Å². The summed E-state index contributed by atoms with van der Waals surface area (Å²) in [7, 11) is 1.85. The summed E-state index contributed by atoms with van der Waals surface area (Å²) in [5.74, 6) is 0.814. The summed E-state index contributed by atoms with van der Waals surface area (Å²) in [6.07, 6.45) is 7.03. The summed E-state index contributed by atoms with van der Waals surface area (Å²) in [5.41, 5.74) is 3.19. The summed E-state index contributed by atoms with van der Waals surface area (Å²) >= 11 is 0. The predicted octanol–water partition coefficient (Wildman–Crippen LogP) is 2.07. The van der Waals surface area contributed by atoms with Crippen molar-refractivity contribution in [3.05, 3.63) is 47.7 Å². The average molecular weight is 228 g/mol. The van der Waals surface area contributed by atoms with E-state index in [4.69, 9.17) is 0 Å². The summed E-state index contributed by atoms with van der Waals surface area (Å²) < 4.78 is 0. The molecule has 0 aliphatic rings. The normalized spacial score (nSPS) is 10.2. The number of hydrogen-bond acceptors (Lipinski definition) is 4. The van der Waals surface area contributed by atoms with Gasteiger partial charge in [0.05, 0.1) is 5.69 Å². The van der Waals surface area contributed by atoms with Crippen molar-refractivity contribution >= 4 is 5.82 Å². The van der Waals surface area contributed by atoms with E-state index in [1.807, 2.05) is 19.3 Å². The van der Waals surface area contributed by atoms with Crippen LogP contribution >= 0.6 is 0 Å². The van der Waals surface area contributed by atoms with Gasteiger partial charge in [-0.05, 0) is 18.1 Å². The highest BCUT2D eigenvalue weighted by Crippen LogP contribution is 2.12. The molecule has 2 aromatic heterocycles. The van der Waals surface area contributed by atoms with E-state index in [-0.39, 0.29) is 0 Å². The minimum Gasteiger partial charge on any atom is -0.372 e.